The minimum atomic E-state index is -0.170. The van der Waals surface area contributed by atoms with Crippen LogP contribution in [-0.2, 0) is 13.6 Å². The van der Waals surface area contributed by atoms with Gasteiger partial charge >= 0.3 is 0 Å². The molecule has 0 saturated heterocycles. The maximum Gasteiger partial charge on any atom is 0.253 e. The van der Waals surface area contributed by atoms with E-state index >= 15 is 0 Å². The number of nitrogens with two attached hydrogens (primary N) is 1. The molecule has 1 aromatic heterocycles. The Morgan fingerprint density at radius 3 is 2.89 bits per heavy atom. The third kappa shape index (κ3) is 3.01. The lowest BCUT2D eigenvalue weighted by atomic mass is 10.1. The summed E-state index contributed by atoms with van der Waals surface area (Å²) in [6.45, 7) is 0.425. The van der Waals surface area contributed by atoms with Gasteiger partial charge in [0.2, 0.25) is 0 Å². The molecule has 0 bridgehead atoms. The van der Waals surface area contributed by atoms with Crippen LogP contribution in [0.15, 0.2) is 24.5 Å². The van der Waals surface area contributed by atoms with Gasteiger partial charge in [-0.25, -0.2) is 4.98 Å². The van der Waals surface area contributed by atoms with Crippen LogP contribution < -0.4 is 16.4 Å². The Bertz CT molecular complexity index is 592. The molecular formula is C12H16N6O. The second-order valence-electron chi connectivity index (χ2n) is 4.07. The molecule has 0 aliphatic carbocycles. The number of nitrogens with one attached hydrogen (secondary N) is 2. The van der Waals surface area contributed by atoms with Crippen molar-refractivity contribution in [2.45, 2.75) is 6.54 Å². The second kappa shape index (κ2) is 5.38. The number of nitrogens with zero attached hydrogens (tertiary/aromatic N) is 3. The lowest BCUT2D eigenvalue weighted by molar-refractivity contribution is 0.0964. The van der Waals surface area contributed by atoms with Gasteiger partial charge in [0.25, 0.3) is 5.91 Å². The largest absolute Gasteiger partial charge is 0.399 e. The number of aryl methyl sites for hydroxylation is 1. The molecule has 0 spiro atoms. The third-order valence-electron chi connectivity index (χ3n) is 2.60. The smallest absolute Gasteiger partial charge is 0.253 e. The minimum absolute atomic E-state index is 0.170. The number of benzene rings is 1. The Labute approximate surface area is 110 Å². The number of hydrogen-bond donors (Lipinski definition) is 3. The van der Waals surface area contributed by atoms with Crippen LogP contribution in [0.4, 0.5) is 11.4 Å². The van der Waals surface area contributed by atoms with E-state index in [1.807, 2.05) is 0 Å². The highest BCUT2D eigenvalue weighted by molar-refractivity contribution is 6.00. The van der Waals surface area contributed by atoms with Crippen LogP contribution in [-0.4, -0.2) is 27.7 Å². The van der Waals surface area contributed by atoms with Gasteiger partial charge in [-0.2, -0.15) is 5.10 Å². The highest BCUT2D eigenvalue weighted by atomic mass is 16.1. The minimum Gasteiger partial charge on any atom is -0.399 e. The van der Waals surface area contributed by atoms with Gasteiger partial charge in [-0.15, -0.1) is 0 Å². The summed E-state index contributed by atoms with van der Waals surface area (Å²) in [5.74, 6) is 0.476. The first-order valence-electron chi connectivity index (χ1n) is 5.80. The number of rotatable bonds is 4. The molecule has 4 N–H and O–H groups in total. The summed E-state index contributed by atoms with van der Waals surface area (Å²) >= 11 is 0. The topological polar surface area (TPSA) is 97.9 Å². The van der Waals surface area contributed by atoms with Gasteiger partial charge in [0.15, 0.2) is 5.82 Å². The van der Waals surface area contributed by atoms with E-state index in [1.54, 1.807) is 43.3 Å². The molecule has 0 unspecified atom stereocenters. The quantitative estimate of drug-likeness (QED) is 0.690. The van der Waals surface area contributed by atoms with E-state index in [2.05, 4.69) is 20.7 Å². The number of aromatic nitrogens is 3. The van der Waals surface area contributed by atoms with Crippen molar-refractivity contribution in [1.29, 1.82) is 0 Å². The van der Waals surface area contributed by atoms with Crippen molar-refractivity contribution in [3.63, 3.8) is 0 Å². The number of carbonyl (C=O) groups excluding carboxylic acids is 1. The van der Waals surface area contributed by atoms with Gasteiger partial charge in [0.1, 0.15) is 6.33 Å². The molecule has 1 heterocycles. The molecule has 7 nitrogen and oxygen atoms in total. The van der Waals surface area contributed by atoms with Crippen LogP contribution >= 0.6 is 0 Å². The molecule has 1 amide bonds. The SMILES string of the molecule is CNC(=O)c1ccc(N)cc1NCc1ncn(C)n1. The lowest BCUT2D eigenvalue weighted by Crippen LogP contribution is -2.20. The molecule has 0 saturated carbocycles. The number of hydrogen-bond acceptors (Lipinski definition) is 5. The third-order valence-corrected chi connectivity index (χ3v) is 2.60. The average Bonchev–Trinajstić information content (AvgIpc) is 2.81. The fourth-order valence-corrected chi connectivity index (χ4v) is 1.68. The Kier molecular flexibility index (Phi) is 3.65. The van der Waals surface area contributed by atoms with Crippen molar-refractivity contribution in [3.8, 4) is 0 Å². The Morgan fingerprint density at radius 1 is 1.47 bits per heavy atom. The van der Waals surface area contributed by atoms with E-state index in [1.165, 1.54) is 0 Å². The van der Waals surface area contributed by atoms with E-state index in [0.29, 0.717) is 29.3 Å². The van der Waals surface area contributed by atoms with E-state index < -0.39 is 0 Å². The summed E-state index contributed by atoms with van der Waals surface area (Å²) in [6.07, 6.45) is 1.62. The Morgan fingerprint density at radius 2 is 2.26 bits per heavy atom. The maximum absolute atomic E-state index is 11.7. The molecule has 19 heavy (non-hydrogen) atoms. The number of amides is 1. The monoisotopic (exact) mass is 260 g/mol. The highest BCUT2D eigenvalue weighted by Gasteiger charge is 2.10. The van der Waals surface area contributed by atoms with Gasteiger partial charge in [0.05, 0.1) is 12.1 Å². The van der Waals surface area contributed by atoms with Crippen molar-refractivity contribution in [2.24, 2.45) is 7.05 Å². The summed E-state index contributed by atoms with van der Waals surface area (Å²) < 4.78 is 1.62. The van der Waals surface area contributed by atoms with Crippen LogP contribution in [0.3, 0.4) is 0 Å². The molecule has 0 radical (unpaired) electrons. The molecular weight excluding hydrogens is 244 g/mol. The number of nitrogen functional groups attached to an aromatic ring is 1. The molecule has 0 aliphatic heterocycles. The summed E-state index contributed by atoms with van der Waals surface area (Å²) in [6, 6.07) is 5.09. The number of carbonyl (C=O) groups is 1. The van der Waals surface area contributed by atoms with Gasteiger partial charge in [-0.1, -0.05) is 0 Å². The molecule has 1 aromatic carbocycles. The van der Waals surface area contributed by atoms with Crippen LogP contribution in [0.5, 0.6) is 0 Å². The summed E-state index contributed by atoms with van der Waals surface area (Å²) in [5.41, 5.74) is 7.52. The summed E-state index contributed by atoms with van der Waals surface area (Å²) in [5, 5.41) is 9.86. The van der Waals surface area contributed by atoms with Crippen molar-refractivity contribution in [3.05, 3.63) is 35.9 Å². The average molecular weight is 260 g/mol. The Hall–Kier alpha value is -2.57. The van der Waals surface area contributed by atoms with Crippen molar-refractivity contribution in [2.75, 3.05) is 18.1 Å². The van der Waals surface area contributed by atoms with E-state index in [4.69, 9.17) is 5.73 Å². The van der Waals surface area contributed by atoms with E-state index in [0.717, 1.165) is 0 Å². The molecule has 0 atom stereocenters. The second-order valence-corrected chi connectivity index (χ2v) is 4.07. The fraction of sp³-hybridized carbons (Fsp3) is 0.250. The first-order chi connectivity index (χ1) is 9.10. The molecule has 7 heteroatoms. The van der Waals surface area contributed by atoms with Crippen molar-refractivity contribution >= 4 is 17.3 Å². The van der Waals surface area contributed by atoms with Gasteiger partial charge < -0.3 is 16.4 Å². The van der Waals surface area contributed by atoms with Gasteiger partial charge in [0, 0.05) is 25.5 Å². The first kappa shape index (κ1) is 12.9. The summed E-state index contributed by atoms with van der Waals surface area (Å²) in [4.78, 5) is 15.8. The first-order valence-corrected chi connectivity index (χ1v) is 5.80. The van der Waals surface area contributed by atoms with Gasteiger partial charge in [-0.05, 0) is 18.2 Å². The Balaban J connectivity index is 2.18. The fourth-order valence-electron chi connectivity index (χ4n) is 1.68. The molecule has 2 rings (SSSR count). The number of anilines is 2. The van der Waals surface area contributed by atoms with Crippen LogP contribution in [0.25, 0.3) is 0 Å². The summed E-state index contributed by atoms with van der Waals surface area (Å²) in [7, 11) is 3.38. The van der Waals surface area contributed by atoms with Gasteiger partial charge in [-0.3, -0.25) is 9.48 Å². The van der Waals surface area contributed by atoms with Crippen LogP contribution in [0.1, 0.15) is 16.2 Å². The standard InChI is InChI=1S/C12H16N6O/c1-14-12(19)9-4-3-8(13)5-10(9)15-6-11-16-7-18(2)17-11/h3-5,7,15H,6,13H2,1-2H3,(H,14,19). The van der Waals surface area contributed by atoms with Crippen molar-refractivity contribution in [1.82, 2.24) is 20.1 Å². The molecule has 0 aliphatic rings. The predicted molar refractivity (Wildman–Crippen MR) is 72.6 cm³/mol. The van der Waals surface area contributed by atoms with Crippen LogP contribution in [0, 0.1) is 0 Å². The van der Waals surface area contributed by atoms with Crippen LogP contribution in [0.2, 0.25) is 0 Å². The lowest BCUT2D eigenvalue weighted by Gasteiger charge is -2.10. The van der Waals surface area contributed by atoms with E-state index in [9.17, 15) is 4.79 Å². The zero-order valence-corrected chi connectivity index (χ0v) is 10.8. The zero-order chi connectivity index (χ0) is 13.8. The highest BCUT2D eigenvalue weighted by Crippen LogP contribution is 2.19. The molecule has 2 aromatic rings. The zero-order valence-electron chi connectivity index (χ0n) is 10.8. The predicted octanol–water partition coefficient (Wildman–Crippen LogP) is 0.369. The van der Waals surface area contributed by atoms with Crippen molar-refractivity contribution < 1.29 is 4.79 Å². The maximum atomic E-state index is 11.7. The molecule has 100 valence electrons. The van der Waals surface area contributed by atoms with E-state index in [-0.39, 0.29) is 5.91 Å². The molecule has 0 fully saturated rings. The normalized spacial score (nSPS) is 10.2.